The van der Waals surface area contributed by atoms with Gasteiger partial charge in [-0.25, -0.2) is 0 Å². The SMILES string of the molecule is C=CCN(C(=O)CC1CCNCC1)C(C)(C)C. The van der Waals surface area contributed by atoms with Gasteiger partial charge in [0.1, 0.15) is 0 Å². The summed E-state index contributed by atoms with van der Waals surface area (Å²) in [7, 11) is 0. The average molecular weight is 238 g/mol. The van der Waals surface area contributed by atoms with Crippen LogP contribution in [-0.2, 0) is 4.79 Å². The fourth-order valence-electron chi connectivity index (χ4n) is 2.32. The number of nitrogens with one attached hydrogen (secondary N) is 1. The Hall–Kier alpha value is -0.830. The minimum atomic E-state index is -0.113. The first kappa shape index (κ1) is 14.2. The van der Waals surface area contributed by atoms with Gasteiger partial charge in [0.05, 0.1) is 0 Å². The quantitative estimate of drug-likeness (QED) is 0.761. The van der Waals surface area contributed by atoms with E-state index in [1.165, 1.54) is 0 Å². The van der Waals surface area contributed by atoms with Crippen molar-refractivity contribution >= 4 is 5.91 Å². The lowest BCUT2D eigenvalue weighted by molar-refractivity contribution is -0.136. The Labute approximate surface area is 105 Å². The van der Waals surface area contributed by atoms with E-state index in [0.29, 0.717) is 18.9 Å². The molecule has 0 unspecified atom stereocenters. The molecule has 0 spiro atoms. The molecule has 3 heteroatoms. The highest BCUT2D eigenvalue weighted by molar-refractivity contribution is 5.77. The van der Waals surface area contributed by atoms with Crippen LogP contribution in [0.15, 0.2) is 12.7 Å². The number of amides is 1. The van der Waals surface area contributed by atoms with Crippen LogP contribution in [0.25, 0.3) is 0 Å². The lowest BCUT2D eigenvalue weighted by Gasteiger charge is -2.36. The molecule has 1 heterocycles. The highest BCUT2D eigenvalue weighted by Gasteiger charge is 2.27. The normalized spacial score (nSPS) is 17.8. The molecule has 1 N–H and O–H groups in total. The Balaban J connectivity index is 2.55. The van der Waals surface area contributed by atoms with E-state index in [1.54, 1.807) is 0 Å². The molecule has 0 saturated carbocycles. The molecule has 1 saturated heterocycles. The fourth-order valence-corrected chi connectivity index (χ4v) is 2.32. The zero-order valence-electron chi connectivity index (χ0n) is 11.5. The Morgan fingerprint density at radius 1 is 1.41 bits per heavy atom. The number of rotatable bonds is 4. The van der Waals surface area contributed by atoms with E-state index >= 15 is 0 Å². The van der Waals surface area contributed by atoms with Crippen molar-refractivity contribution in [2.75, 3.05) is 19.6 Å². The van der Waals surface area contributed by atoms with Gasteiger partial charge in [0, 0.05) is 18.5 Å². The number of piperidine rings is 1. The van der Waals surface area contributed by atoms with Crippen LogP contribution in [0.2, 0.25) is 0 Å². The molecule has 0 atom stereocenters. The van der Waals surface area contributed by atoms with Gasteiger partial charge in [0.25, 0.3) is 0 Å². The molecular weight excluding hydrogens is 212 g/mol. The highest BCUT2D eigenvalue weighted by Crippen LogP contribution is 2.21. The van der Waals surface area contributed by atoms with E-state index in [4.69, 9.17) is 0 Å². The monoisotopic (exact) mass is 238 g/mol. The third-order valence-corrected chi connectivity index (χ3v) is 3.34. The number of hydrogen-bond acceptors (Lipinski definition) is 2. The Morgan fingerprint density at radius 2 is 2.00 bits per heavy atom. The molecule has 1 aliphatic heterocycles. The zero-order chi connectivity index (χ0) is 12.9. The standard InChI is InChI=1S/C14H26N2O/c1-5-10-16(14(2,3)4)13(17)11-12-6-8-15-9-7-12/h5,12,15H,1,6-11H2,2-4H3. The molecule has 3 nitrogen and oxygen atoms in total. The van der Waals surface area contributed by atoms with E-state index < -0.39 is 0 Å². The minimum absolute atomic E-state index is 0.113. The fraction of sp³-hybridized carbons (Fsp3) is 0.786. The summed E-state index contributed by atoms with van der Waals surface area (Å²) in [5.41, 5.74) is -0.113. The smallest absolute Gasteiger partial charge is 0.223 e. The molecule has 0 aliphatic carbocycles. The second kappa shape index (κ2) is 6.20. The number of carbonyl (C=O) groups excluding carboxylic acids is 1. The number of hydrogen-bond donors (Lipinski definition) is 1. The van der Waals surface area contributed by atoms with Crippen molar-refractivity contribution in [1.82, 2.24) is 10.2 Å². The van der Waals surface area contributed by atoms with E-state index in [-0.39, 0.29) is 11.4 Å². The van der Waals surface area contributed by atoms with Crippen molar-refractivity contribution in [2.24, 2.45) is 5.92 Å². The van der Waals surface area contributed by atoms with Gasteiger partial charge in [-0.15, -0.1) is 6.58 Å². The highest BCUT2D eigenvalue weighted by atomic mass is 16.2. The average Bonchev–Trinajstić information content (AvgIpc) is 2.25. The molecule has 0 aromatic rings. The first-order chi connectivity index (χ1) is 7.95. The van der Waals surface area contributed by atoms with Crippen LogP contribution in [-0.4, -0.2) is 36.0 Å². The van der Waals surface area contributed by atoms with Crippen LogP contribution in [0, 0.1) is 5.92 Å². The number of nitrogens with zero attached hydrogens (tertiary/aromatic N) is 1. The van der Waals surface area contributed by atoms with Crippen molar-refractivity contribution in [2.45, 2.75) is 45.6 Å². The predicted molar refractivity (Wildman–Crippen MR) is 71.9 cm³/mol. The van der Waals surface area contributed by atoms with Crippen LogP contribution < -0.4 is 5.32 Å². The van der Waals surface area contributed by atoms with Gasteiger partial charge < -0.3 is 10.2 Å². The van der Waals surface area contributed by atoms with Gasteiger partial charge in [-0.05, 0) is 52.6 Å². The molecule has 0 bridgehead atoms. The van der Waals surface area contributed by atoms with Crippen LogP contribution in [0.4, 0.5) is 0 Å². The largest absolute Gasteiger partial charge is 0.334 e. The summed E-state index contributed by atoms with van der Waals surface area (Å²) in [5, 5.41) is 3.33. The van der Waals surface area contributed by atoms with Crippen LogP contribution >= 0.6 is 0 Å². The maximum absolute atomic E-state index is 12.3. The van der Waals surface area contributed by atoms with E-state index in [1.807, 2.05) is 11.0 Å². The van der Waals surface area contributed by atoms with Crippen molar-refractivity contribution in [3.8, 4) is 0 Å². The molecule has 1 fully saturated rings. The molecule has 98 valence electrons. The summed E-state index contributed by atoms with van der Waals surface area (Å²) in [6, 6.07) is 0. The molecule has 0 radical (unpaired) electrons. The van der Waals surface area contributed by atoms with Crippen molar-refractivity contribution in [3.63, 3.8) is 0 Å². The van der Waals surface area contributed by atoms with Crippen LogP contribution in [0.3, 0.4) is 0 Å². The maximum atomic E-state index is 12.3. The molecule has 1 amide bonds. The Bertz CT molecular complexity index is 262. The van der Waals surface area contributed by atoms with Gasteiger partial charge in [-0.3, -0.25) is 4.79 Å². The van der Waals surface area contributed by atoms with Gasteiger partial charge in [0.15, 0.2) is 0 Å². The third-order valence-electron chi connectivity index (χ3n) is 3.34. The molecule has 1 aliphatic rings. The van der Waals surface area contributed by atoms with Gasteiger partial charge in [-0.2, -0.15) is 0 Å². The summed E-state index contributed by atoms with van der Waals surface area (Å²) in [4.78, 5) is 14.2. The molecule has 17 heavy (non-hydrogen) atoms. The lowest BCUT2D eigenvalue weighted by atomic mass is 9.93. The lowest BCUT2D eigenvalue weighted by Crippen LogP contribution is -2.46. The molecule has 1 rings (SSSR count). The second-order valence-corrected chi connectivity index (χ2v) is 5.86. The van der Waals surface area contributed by atoms with Crippen molar-refractivity contribution < 1.29 is 4.79 Å². The Kier molecular flexibility index (Phi) is 5.19. The van der Waals surface area contributed by atoms with E-state index in [9.17, 15) is 4.79 Å². The predicted octanol–water partition coefficient (Wildman–Crippen LogP) is 2.19. The van der Waals surface area contributed by atoms with Gasteiger partial charge in [-0.1, -0.05) is 6.08 Å². The van der Waals surface area contributed by atoms with Crippen LogP contribution in [0.5, 0.6) is 0 Å². The van der Waals surface area contributed by atoms with Gasteiger partial charge >= 0.3 is 0 Å². The van der Waals surface area contributed by atoms with Crippen molar-refractivity contribution in [1.29, 1.82) is 0 Å². The van der Waals surface area contributed by atoms with Crippen LogP contribution in [0.1, 0.15) is 40.0 Å². The summed E-state index contributed by atoms with van der Waals surface area (Å²) in [5.74, 6) is 0.822. The van der Waals surface area contributed by atoms with Gasteiger partial charge in [0.2, 0.25) is 5.91 Å². The summed E-state index contributed by atoms with van der Waals surface area (Å²) in [6.45, 7) is 12.7. The minimum Gasteiger partial charge on any atom is -0.334 e. The first-order valence-corrected chi connectivity index (χ1v) is 6.57. The summed E-state index contributed by atoms with van der Waals surface area (Å²) >= 11 is 0. The third kappa shape index (κ3) is 4.50. The summed E-state index contributed by atoms with van der Waals surface area (Å²) in [6.07, 6.45) is 4.74. The van der Waals surface area contributed by atoms with E-state index in [2.05, 4.69) is 32.7 Å². The topological polar surface area (TPSA) is 32.3 Å². The molecule has 0 aromatic heterocycles. The zero-order valence-corrected chi connectivity index (χ0v) is 11.5. The number of carbonyl (C=O) groups is 1. The maximum Gasteiger partial charge on any atom is 0.223 e. The first-order valence-electron chi connectivity index (χ1n) is 6.57. The molecule has 0 aromatic carbocycles. The summed E-state index contributed by atoms with van der Waals surface area (Å²) < 4.78 is 0. The molecular formula is C14H26N2O. The second-order valence-electron chi connectivity index (χ2n) is 5.86. The Morgan fingerprint density at radius 3 is 2.47 bits per heavy atom. The van der Waals surface area contributed by atoms with E-state index in [0.717, 1.165) is 25.9 Å². The van der Waals surface area contributed by atoms with Crippen molar-refractivity contribution in [3.05, 3.63) is 12.7 Å².